The molecule has 1 saturated carbocycles. The average molecular weight is 365 g/mol. The van der Waals surface area contributed by atoms with Crippen molar-refractivity contribution in [3.05, 3.63) is 11.6 Å². The fourth-order valence-corrected chi connectivity index (χ4v) is 2.99. The zero-order valence-electron chi connectivity index (χ0n) is 16.9. The molecular weight excluding hydrogens is 328 g/mol. The molecule has 1 aliphatic rings. The number of ether oxygens (including phenoxy) is 1. The van der Waals surface area contributed by atoms with Crippen LogP contribution in [0.2, 0.25) is 0 Å². The van der Waals surface area contributed by atoms with Gasteiger partial charge in [0.1, 0.15) is 12.4 Å². The van der Waals surface area contributed by atoms with Crippen LogP contribution in [0.5, 0.6) is 0 Å². The zero-order chi connectivity index (χ0) is 18.8. The molecule has 148 valence electrons. The minimum Gasteiger partial charge on any atom is -0.380 e. The first-order valence-corrected chi connectivity index (χ1v) is 10.0. The first-order valence-electron chi connectivity index (χ1n) is 10.0. The largest absolute Gasteiger partial charge is 0.380 e. The molecule has 1 fully saturated rings. The third-order valence-electron chi connectivity index (χ3n) is 4.89. The summed E-state index contributed by atoms with van der Waals surface area (Å²) in [4.78, 5) is 4.72. The van der Waals surface area contributed by atoms with E-state index in [-0.39, 0.29) is 0 Å². The molecule has 1 aromatic heterocycles. The van der Waals surface area contributed by atoms with Gasteiger partial charge in [0.05, 0.1) is 6.61 Å². The van der Waals surface area contributed by atoms with Gasteiger partial charge >= 0.3 is 0 Å². The number of guanidine groups is 1. The van der Waals surface area contributed by atoms with E-state index in [2.05, 4.69) is 34.7 Å². The van der Waals surface area contributed by atoms with Gasteiger partial charge in [-0.1, -0.05) is 33.1 Å². The Hall–Kier alpha value is -1.63. The predicted octanol–water partition coefficient (Wildman–Crippen LogP) is 2.55. The van der Waals surface area contributed by atoms with Gasteiger partial charge in [-0.3, -0.25) is 0 Å². The summed E-state index contributed by atoms with van der Waals surface area (Å²) in [7, 11) is 1.98. The van der Waals surface area contributed by atoms with E-state index in [1.54, 1.807) is 0 Å². The number of aromatic nitrogens is 3. The minimum absolute atomic E-state index is 0.512. The molecule has 7 nitrogen and oxygen atoms in total. The van der Waals surface area contributed by atoms with Crippen LogP contribution in [0.1, 0.15) is 64.0 Å². The highest BCUT2D eigenvalue weighted by molar-refractivity contribution is 5.80. The Morgan fingerprint density at radius 2 is 2.00 bits per heavy atom. The van der Waals surface area contributed by atoms with Gasteiger partial charge < -0.3 is 19.9 Å². The SMILES string of the molecule is Cc1nnc(CN=C(NCCOCCC(C)C)NC2CCCCC2)n1C. The molecule has 0 saturated heterocycles. The van der Waals surface area contributed by atoms with Gasteiger partial charge in [0.15, 0.2) is 11.8 Å². The summed E-state index contributed by atoms with van der Waals surface area (Å²) in [6.45, 7) is 9.18. The summed E-state index contributed by atoms with van der Waals surface area (Å²) in [5, 5.41) is 15.3. The number of hydrogen-bond donors (Lipinski definition) is 2. The van der Waals surface area contributed by atoms with Gasteiger partial charge in [0.2, 0.25) is 0 Å². The van der Waals surface area contributed by atoms with Crippen LogP contribution >= 0.6 is 0 Å². The van der Waals surface area contributed by atoms with E-state index in [1.165, 1.54) is 32.1 Å². The highest BCUT2D eigenvalue weighted by Gasteiger charge is 2.15. The molecule has 2 rings (SSSR count). The van der Waals surface area contributed by atoms with E-state index in [4.69, 9.17) is 9.73 Å². The van der Waals surface area contributed by atoms with Gasteiger partial charge in [0.25, 0.3) is 0 Å². The van der Waals surface area contributed by atoms with Crippen molar-refractivity contribution < 1.29 is 4.74 Å². The molecular formula is C19H36N6O. The summed E-state index contributed by atoms with van der Waals surface area (Å²) >= 11 is 0. The molecule has 0 atom stereocenters. The van der Waals surface area contributed by atoms with Crippen molar-refractivity contribution in [3.8, 4) is 0 Å². The van der Waals surface area contributed by atoms with Crippen molar-refractivity contribution in [1.82, 2.24) is 25.4 Å². The van der Waals surface area contributed by atoms with Crippen molar-refractivity contribution in [1.29, 1.82) is 0 Å². The van der Waals surface area contributed by atoms with Crippen molar-refractivity contribution in [2.24, 2.45) is 18.0 Å². The number of aliphatic imine (C=N–C) groups is 1. The second-order valence-corrected chi connectivity index (χ2v) is 7.59. The lowest BCUT2D eigenvalue weighted by Gasteiger charge is -2.25. The number of nitrogens with one attached hydrogen (secondary N) is 2. The number of aryl methyl sites for hydroxylation is 1. The average Bonchev–Trinajstić information content (AvgIpc) is 2.95. The molecule has 0 bridgehead atoms. The number of rotatable bonds is 9. The van der Waals surface area contributed by atoms with Gasteiger partial charge in [-0.15, -0.1) is 10.2 Å². The monoisotopic (exact) mass is 364 g/mol. The molecule has 0 radical (unpaired) electrons. The Morgan fingerprint density at radius 1 is 1.23 bits per heavy atom. The molecule has 1 aromatic rings. The lowest BCUT2D eigenvalue weighted by atomic mass is 9.96. The quantitative estimate of drug-likeness (QED) is 0.400. The molecule has 0 aliphatic heterocycles. The van der Waals surface area contributed by atoms with Crippen LogP contribution in [0, 0.1) is 12.8 Å². The maximum absolute atomic E-state index is 5.70. The molecule has 1 heterocycles. The molecule has 0 amide bonds. The highest BCUT2D eigenvalue weighted by Crippen LogP contribution is 2.17. The van der Waals surface area contributed by atoms with E-state index >= 15 is 0 Å². The predicted molar refractivity (Wildman–Crippen MR) is 105 cm³/mol. The minimum atomic E-state index is 0.512. The molecule has 7 heteroatoms. The third-order valence-corrected chi connectivity index (χ3v) is 4.89. The van der Waals surface area contributed by atoms with E-state index < -0.39 is 0 Å². The molecule has 0 unspecified atom stereocenters. The summed E-state index contributed by atoms with van der Waals surface area (Å²) in [6.07, 6.45) is 7.48. The number of hydrogen-bond acceptors (Lipinski definition) is 4. The molecule has 0 aromatic carbocycles. The zero-order valence-corrected chi connectivity index (χ0v) is 16.9. The lowest BCUT2D eigenvalue weighted by molar-refractivity contribution is 0.128. The molecule has 2 N–H and O–H groups in total. The Balaban J connectivity index is 1.83. The van der Waals surface area contributed by atoms with Crippen LogP contribution in [0.4, 0.5) is 0 Å². The Labute approximate surface area is 158 Å². The van der Waals surface area contributed by atoms with E-state index in [0.29, 0.717) is 25.1 Å². The Kier molecular flexibility index (Phi) is 8.88. The Bertz CT molecular complexity index is 548. The van der Waals surface area contributed by atoms with Crippen molar-refractivity contribution in [2.75, 3.05) is 19.8 Å². The molecule has 0 spiro atoms. The van der Waals surface area contributed by atoms with Gasteiger partial charge in [-0.05, 0) is 32.1 Å². The summed E-state index contributed by atoms with van der Waals surface area (Å²) in [5.74, 6) is 3.32. The Morgan fingerprint density at radius 3 is 2.65 bits per heavy atom. The lowest BCUT2D eigenvalue weighted by Crippen LogP contribution is -2.45. The maximum Gasteiger partial charge on any atom is 0.192 e. The normalized spacial score (nSPS) is 16.3. The second-order valence-electron chi connectivity index (χ2n) is 7.59. The highest BCUT2D eigenvalue weighted by atomic mass is 16.5. The van der Waals surface area contributed by atoms with Crippen LogP contribution in [0.15, 0.2) is 4.99 Å². The summed E-state index contributed by atoms with van der Waals surface area (Å²) in [5.41, 5.74) is 0. The van der Waals surface area contributed by atoms with Crippen molar-refractivity contribution in [2.45, 2.75) is 71.9 Å². The first-order chi connectivity index (χ1) is 12.6. The molecule has 26 heavy (non-hydrogen) atoms. The smallest absolute Gasteiger partial charge is 0.192 e. The third kappa shape index (κ3) is 7.32. The molecule has 1 aliphatic carbocycles. The van der Waals surface area contributed by atoms with Gasteiger partial charge in [-0.2, -0.15) is 0 Å². The van der Waals surface area contributed by atoms with Gasteiger partial charge in [0, 0.05) is 26.2 Å². The van der Waals surface area contributed by atoms with Crippen molar-refractivity contribution >= 4 is 5.96 Å². The van der Waals surface area contributed by atoms with E-state index in [0.717, 1.165) is 37.2 Å². The van der Waals surface area contributed by atoms with Crippen LogP contribution in [-0.4, -0.2) is 46.5 Å². The van der Waals surface area contributed by atoms with Gasteiger partial charge in [-0.25, -0.2) is 4.99 Å². The fourth-order valence-electron chi connectivity index (χ4n) is 2.99. The van der Waals surface area contributed by atoms with E-state index in [9.17, 15) is 0 Å². The van der Waals surface area contributed by atoms with Crippen LogP contribution in [0.25, 0.3) is 0 Å². The van der Waals surface area contributed by atoms with E-state index in [1.807, 2.05) is 18.5 Å². The first kappa shape index (κ1) is 20.7. The van der Waals surface area contributed by atoms with Crippen molar-refractivity contribution in [3.63, 3.8) is 0 Å². The maximum atomic E-state index is 5.70. The number of nitrogens with zero attached hydrogens (tertiary/aromatic N) is 4. The summed E-state index contributed by atoms with van der Waals surface area (Å²) < 4.78 is 7.68. The second kappa shape index (κ2) is 11.2. The van der Waals surface area contributed by atoms with Crippen LogP contribution < -0.4 is 10.6 Å². The summed E-state index contributed by atoms with van der Waals surface area (Å²) in [6, 6.07) is 0.512. The van der Waals surface area contributed by atoms with Crippen LogP contribution in [0.3, 0.4) is 0 Å². The topological polar surface area (TPSA) is 76.4 Å². The fraction of sp³-hybridized carbons (Fsp3) is 0.842. The standard InChI is InChI=1S/C19H36N6O/c1-15(2)10-12-26-13-11-20-19(22-17-8-6-5-7-9-17)21-14-18-24-23-16(3)25(18)4/h15,17H,5-14H2,1-4H3,(H2,20,21,22). The van der Waals surface area contributed by atoms with Crippen LogP contribution in [-0.2, 0) is 18.3 Å².